The summed E-state index contributed by atoms with van der Waals surface area (Å²) in [6, 6.07) is 1.72. The lowest BCUT2D eigenvalue weighted by Crippen LogP contribution is -1.92. The molecule has 0 spiro atoms. The Balaban J connectivity index is 2.51. The number of hydrogen-bond donors (Lipinski definition) is 0. The first kappa shape index (κ1) is 11.7. The number of methoxy groups -OCH3 is 1. The van der Waals surface area contributed by atoms with Crippen molar-refractivity contribution < 1.29 is 13.2 Å². The summed E-state index contributed by atoms with van der Waals surface area (Å²) in [7, 11) is -1.47. The molecular formula is C11H14O3S2. The van der Waals surface area contributed by atoms with E-state index in [1.807, 2.05) is 6.92 Å². The molecule has 0 N–H and O–H groups in total. The second kappa shape index (κ2) is 3.89. The zero-order valence-corrected chi connectivity index (χ0v) is 11.2. The van der Waals surface area contributed by atoms with E-state index in [2.05, 4.69) is 0 Å². The first-order chi connectivity index (χ1) is 7.43. The maximum atomic E-state index is 11.4. The minimum absolute atomic E-state index is 0.413. The fraction of sp³-hybridized carbons (Fsp3) is 0.455. The number of ether oxygens (including phenoxy) is 1. The van der Waals surface area contributed by atoms with Crippen LogP contribution in [0.4, 0.5) is 0 Å². The van der Waals surface area contributed by atoms with Gasteiger partial charge in [0, 0.05) is 6.26 Å². The van der Waals surface area contributed by atoms with Crippen molar-refractivity contribution in [2.24, 2.45) is 0 Å². The summed E-state index contributed by atoms with van der Waals surface area (Å²) in [5.41, 5.74) is 2.26. The Morgan fingerprint density at radius 2 is 2.06 bits per heavy atom. The molecule has 0 radical (unpaired) electrons. The van der Waals surface area contributed by atoms with Gasteiger partial charge in [0.15, 0.2) is 9.84 Å². The summed E-state index contributed by atoms with van der Waals surface area (Å²) >= 11 is 1.30. The van der Waals surface area contributed by atoms with Gasteiger partial charge in [0.25, 0.3) is 0 Å². The summed E-state index contributed by atoms with van der Waals surface area (Å²) in [5.74, 6) is 0.873. The maximum absolute atomic E-state index is 11.4. The molecule has 1 aromatic heterocycles. The minimum Gasteiger partial charge on any atom is -0.495 e. The fourth-order valence-electron chi connectivity index (χ4n) is 1.55. The van der Waals surface area contributed by atoms with E-state index in [1.54, 1.807) is 13.2 Å². The lowest BCUT2D eigenvalue weighted by Gasteiger charge is -2.03. The fourth-order valence-corrected chi connectivity index (χ4v) is 3.77. The molecule has 1 heterocycles. The number of rotatable bonds is 3. The summed E-state index contributed by atoms with van der Waals surface area (Å²) in [6.07, 6.45) is 3.36. The van der Waals surface area contributed by atoms with Crippen molar-refractivity contribution in [2.45, 2.75) is 24.0 Å². The predicted octanol–water partition coefficient (Wildman–Crippen LogP) is 2.61. The van der Waals surface area contributed by atoms with E-state index in [1.165, 1.54) is 23.2 Å². The average Bonchev–Trinajstić information content (AvgIpc) is 2.91. The van der Waals surface area contributed by atoms with Gasteiger partial charge in [-0.1, -0.05) is 0 Å². The van der Waals surface area contributed by atoms with E-state index in [9.17, 15) is 8.42 Å². The molecule has 1 aromatic rings. The van der Waals surface area contributed by atoms with Gasteiger partial charge in [-0.3, -0.25) is 0 Å². The number of hydrogen-bond acceptors (Lipinski definition) is 4. The Morgan fingerprint density at radius 3 is 2.44 bits per heavy atom. The van der Waals surface area contributed by atoms with Crippen molar-refractivity contribution in [2.75, 3.05) is 13.4 Å². The van der Waals surface area contributed by atoms with Crippen LogP contribution < -0.4 is 0 Å². The van der Waals surface area contributed by atoms with Crippen LogP contribution in [0.3, 0.4) is 0 Å². The quantitative estimate of drug-likeness (QED) is 0.783. The van der Waals surface area contributed by atoms with Crippen molar-refractivity contribution in [3.05, 3.63) is 22.1 Å². The van der Waals surface area contributed by atoms with Gasteiger partial charge >= 0.3 is 0 Å². The minimum atomic E-state index is -3.11. The van der Waals surface area contributed by atoms with Gasteiger partial charge < -0.3 is 4.74 Å². The molecule has 3 nitrogen and oxygen atoms in total. The van der Waals surface area contributed by atoms with E-state index in [4.69, 9.17) is 4.74 Å². The highest BCUT2D eigenvalue weighted by atomic mass is 32.2. The highest BCUT2D eigenvalue weighted by Gasteiger charge is 2.24. The molecule has 1 saturated carbocycles. The molecule has 0 aromatic carbocycles. The van der Waals surface area contributed by atoms with E-state index in [-0.39, 0.29) is 0 Å². The van der Waals surface area contributed by atoms with Crippen molar-refractivity contribution >= 4 is 26.9 Å². The first-order valence-electron chi connectivity index (χ1n) is 5.00. The van der Waals surface area contributed by atoms with Crippen LogP contribution in [-0.4, -0.2) is 21.8 Å². The summed E-state index contributed by atoms with van der Waals surface area (Å²) < 4.78 is 28.7. The molecule has 0 bridgehead atoms. The van der Waals surface area contributed by atoms with E-state index < -0.39 is 9.84 Å². The third kappa shape index (κ3) is 2.15. The zero-order valence-electron chi connectivity index (χ0n) is 9.53. The van der Waals surface area contributed by atoms with Crippen LogP contribution in [0.5, 0.6) is 0 Å². The zero-order chi connectivity index (χ0) is 11.9. The van der Waals surface area contributed by atoms with Gasteiger partial charge in [-0.15, -0.1) is 11.3 Å². The largest absolute Gasteiger partial charge is 0.495 e. The average molecular weight is 258 g/mol. The Hall–Kier alpha value is -0.810. The van der Waals surface area contributed by atoms with Crippen LogP contribution in [0.15, 0.2) is 15.8 Å². The van der Waals surface area contributed by atoms with Gasteiger partial charge in [0.05, 0.1) is 12.0 Å². The van der Waals surface area contributed by atoms with E-state index >= 15 is 0 Å². The molecule has 0 atom stereocenters. The summed E-state index contributed by atoms with van der Waals surface area (Å²) in [5, 5.41) is 0. The van der Waals surface area contributed by atoms with Crippen molar-refractivity contribution in [3.63, 3.8) is 0 Å². The summed E-state index contributed by atoms with van der Waals surface area (Å²) in [4.78, 5) is 0.954. The van der Waals surface area contributed by atoms with Crippen LogP contribution in [0.25, 0.3) is 5.76 Å². The van der Waals surface area contributed by atoms with Crippen molar-refractivity contribution in [3.8, 4) is 0 Å². The molecule has 1 fully saturated rings. The molecule has 88 valence electrons. The van der Waals surface area contributed by atoms with Crippen molar-refractivity contribution in [1.82, 2.24) is 0 Å². The number of aryl methyl sites for hydroxylation is 1. The van der Waals surface area contributed by atoms with Crippen LogP contribution in [0.2, 0.25) is 0 Å². The summed E-state index contributed by atoms with van der Waals surface area (Å²) in [6.45, 7) is 1.92. The second-order valence-corrected chi connectivity index (χ2v) is 7.28. The van der Waals surface area contributed by atoms with Gasteiger partial charge in [-0.25, -0.2) is 8.42 Å². The van der Waals surface area contributed by atoms with Crippen LogP contribution in [-0.2, 0) is 14.6 Å². The monoisotopic (exact) mass is 258 g/mol. The predicted molar refractivity (Wildman–Crippen MR) is 65.3 cm³/mol. The molecule has 0 unspecified atom stereocenters. The van der Waals surface area contributed by atoms with Crippen LogP contribution >= 0.6 is 11.3 Å². The van der Waals surface area contributed by atoms with Gasteiger partial charge in [0.1, 0.15) is 9.97 Å². The standard InChI is InChI=1S/C11H14O3S2/c1-7-6-9(16(3,12)13)15-11(7)10(14-2)8-4-5-8/h6H,4-5H2,1-3H3. The van der Waals surface area contributed by atoms with Gasteiger partial charge in [0.2, 0.25) is 0 Å². The molecule has 1 aliphatic carbocycles. The number of sulfone groups is 1. The van der Waals surface area contributed by atoms with Gasteiger partial charge in [-0.2, -0.15) is 0 Å². The molecule has 2 rings (SSSR count). The molecule has 16 heavy (non-hydrogen) atoms. The molecule has 1 aliphatic rings. The van der Waals surface area contributed by atoms with Crippen LogP contribution in [0, 0.1) is 6.92 Å². The Kier molecular flexibility index (Phi) is 2.84. The SMILES string of the molecule is COC(=C1CC1)c1sc(S(C)(=O)=O)cc1C. The van der Waals surface area contributed by atoms with E-state index in [0.717, 1.165) is 29.0 Å². The van der Waals surface area contributed by atoms with Gasteiger partial charge in [-0.05, 0) is 37.0 Å². The maximum Gasteiger partial charge on any atom is 0.184 e. The highest BCUT2D eigenvalue weighted by Crippen LogP contribution is 2.41. The lowest BCUT2D eigenvalue weighted by molar-refractivity contribution is 0.369. The molecule has 0 saturated heterocycles. The lowest BCUT2D eigenvalue weighted by atomic mass is 10.2. The highest BCUT2D eigenvalue weighted by molar-refractivity contribution is 7.92. The Morgan fingerprint density at radius 1 is 1.44 bits per heavy atom. The normalized spacial score (nSPS) is 15.1. The number of allylic oxidation sites excluding steroid dienone is 1. The Labute approximate surface area is 99.7 Å². The Bertz CT molecular complexity index is 544. The second-order valence-electron chi connectivity index (χ2n) is 3.99. The number of thiophene rings is 1. The topological polar surface area (TPSA) is 43.4 Å². The molecule has 0 amide bonds. The first-order valence-corrected chi connectivity index (χ1v) is 7.71. The van der Waals surface area contributed by atoms with Crippen molar-refractivity contribution in [1.29, 1.82) is 0 Å². The van der Waals surface area contributed by atoms with Crippen LogP contribution in [0.1, 0.15) is 23.3 Å². The third-order valence-corrected chi connectivity index (χ3v) is 5.53. The molecular weight excluding hydrogens is 244 g/mol. The molecule has 0 aliphatic heterocycles. The molecule has 5 heteroatoms. The third-order valence-electron chi connectivity index (χ3n) is 2.49. The van der Waals surface area contributed by atoms with E-state index in [0.29, 0.717) is 4.21 Å². The smallest absolute Gasteiger partial charge is 0.184 e.